The summed E-state index contributed by atoms with van der Waals surface area (Å²) in [5, 5.41) is 9.12. The van der Waals surface area contributed by atoms with Crippen molar-refractivity contribution in [3.8, 4) is 5.69 Å². The lowest BCUT2D eigenvalue weighted by atomic mass is 10.0. The number of aromatic nitrogens is 3. The lowest BCUT2D eigenvalue weighted by Gasteiger charge is -2.15. The van der Waals surface area contributed by atoms with E-state index in [9.17, 15) is 4.79 Å². The maximum absolute atomic E-state index is 13.2. The number of rotatable bonds is 6. The lowest BCUT2D eigenvalue weighted by Crippen LogP contribution is -2.33. The van der Waals surface area contributed by atoms with Gasteiger partial charge in [-0.25, -0.2) is 9.67 Å². The van der Waals surface area contributed by atoms with E-state index in [1.807, 2.05) is 69.3 Å². The Labute approximate surface area is 187 Å². The molecule has 1 N–H and O–H groups in total. The Kier molecular flexibility index (Phi) is 6.05. The van der Waals surface area contributed by atoms with Gasteiger partial charge in [0.25, 0.3) is 5.91 Å². The van der Waals surface area contributed by atoms with Crippen molar-refractivity contribution in [2.75, 3.05) is 0 Å². The summed E-state index contributed by atoms with van der Waals surface area (Å²) in [4.78, 5) is 17.9. The minimum atomic E-state index is -0.113. The van der Waals surface area contributed by atoms with Gasteiger partial charge in [0.2, 0.25) is 0 Å². The molecule has 4 rings (SSSR count). The Morgan fingerprint density at radius 1 is 1.10 bits per heavy atom. The van der Waals surface area contributed by atoms with Crippen LogP contribution < -0.4 is 5.32 Å². The fraction of sp³-hybridized carbons (Fsp3) is 0.240. The molecule has 0 unspecified atom stereocenters. The number of para-hydroxylation sites is 1. The first kappa shape index (κ1) is 21.1. The predicted octanol–water partition coefficient (Wildman–Crippen LogP) is 5.44. The minimum Gasteiger partial charge on any atom is -0.350 e. The number of hydrogen-bond acceptors (Lipinski definition) is 3. The quantitative estimate of drug-likeness (QED) is 0.441. The first-order valence-corrected chi connectivity index (χ1v) is 10.8. The number of nitrogens with zero attached hydrogens (tertiary/aromatic N) is 3. The molecule has 1 amide bonds. The maximum atomic E-state index is 13.2. The van der Waals surface area contributed by atoms with Crippen LogP contribution in [0.1, 0.15) is 40.7 Å². The number of carbonyl (C=O) groups is 1. The zero-order chi connectivity index (χ0) is 22.0. The van der Waals surface area contributed by atoms with Crippen LogP contribution in [0.25, 0.3) is 16.7 Å². The number of nitrogens with one attached hydrogen (secondary N) is 1. The van der Waals surface area contributed by atoms with E-state index in [-0.39, 0.29) is 11.9 Å². The molecule has 1 atom stereocenters. The van der Waals surface area contributed by atoms with Crippen molar-refractivity contribution in [3.63, 3.8) is 0 Å². The Morgan fingerprint density at radius 2 is 1.81 bits per heavy atom. The lowest BCUT2D eigenvalue weighted by molar-refractivity contribution is 0.0940. The number of aryl methyl sites for hydroxylation is 3. The molecule has 31 heavy (non-hydrogen) atoms. The Hall–Kier alpha value is -3.18. The van der Waals surface area contributed by atoms with Crippen LogP contribution in [-0.4, -0.2) is 26.7 Å². The summed E-state index contributed by atoms with van der Waals surface area (Å²) in [6.07, 6.45) is 1.78. The summed E-state index contributed by atoms with van der Waals surface area (Å²) < 4.78 is 1.72. The van der Waals surface area contributed by atoms with Crippen molar-refractivity contribution >= 4 is 28.5 Å². The number of benzene rings is 2. The summed E-state index contributed by atoms with van der Waals surface area (Å²) in [5.41, 5.74) is 4.72. The van der Waals surface area contributed by atoms with Gasteiger partial charge in [0, 0.05) is 11.7 Å². The highest BCUT2D eigenvalue weighted by Crippen LogP contribution is 2.28. The monoisotopic (exact) mass is 432 g/mol. The van der Waals surface area contributed by atoms with Crippen LogP contribution in [0.4, 0.5) is 0 Å². The molecule has 2 aromatic carbocycles. The highest BCUT2D eigenvalue weighted by Gasteiger charge is 2.21. The van der Waals surface area contributed by atoms with Crippen molar-refractivity contribution in [1.82, 2.24) is 20.1 Å². The average Bonchev–Trinajstić information content (AvgIpc) is 3.08. The van der Waals surface area contributed by atoms with Crippen molar-refractivity contribution in [3.05, 3.63) is 88.2 Å². The molecule has 0 aliphatic rings. The van der Waals surface area contributed by atoms with Gasteiger partial charge >= 0.3 is 0 Å². The van der Waals surface area contributed by atoms with Gasteiger partial charge in [0.15, 0.2) is 5.65 Å². The molecule has 0 bridgehead atoms. The molecule has 158 valence electrons. The molecule has 0 spiro atoms. The van der Waals surface area contributed by atoms with Crippen LogP contribution in [0.5, 0.6) is 0 Å². The molecule has 2 aromatic heterocycles. The zero-order valence-electron chi connectivity index (χ0n) is 17.9. The van der Waals surface area contributed by atoms with E-state index in [4.69, 9.17) is 11.6 Å². The van der Waals surface area contributed by atoms with Gasteiger partial charge in [-0.05, 0) is 57.4 Å². The molecule has 0 aliphatic carbocycles. The molecule has 2 heterocycles. The highest BCUT2D eigenvalue weighted by molar-refractivity contribution is 6.32. The number of carbonyl (C=O) groups excluding carboxylic acids is 1. The number of pyridine rings is 1. The van der Waals surface area contributed by atoms with E-state index in [1.165, 1.54) is 5.56 Å². The van der Waals surface area contributed by atoms with E-state index < -0.39 is 0 Å². The number of amides is 1. The fourth-order valence-corrected chi connectivity index (χ4v) is 4.00. The molecule has 0 fully saturated rings. The summed E-state index contributed by atoms with van der Waals surface area (Å²) >= 11 is 6.40. The minimum absolute atomic E-state index is 0.0372. The third kappa shape index (κ3) is 4.47. The first-order chi connectivity index (χ1) is 14.9. The molecule has 0 aliphatic heterocycles. The average molecular weight is 433 g/mol. The summed E-state index contributed by atoms with van der Waals surface area (Å²) in [6, 6.07) is 19.7. The van der Waals surface area contributed by atoms with E-state index in [1.54, 1.807) is 4.68 Å². The van der Waals surface area contributed by atoms with Gasteiger partial charge in [-0.2, -0.15) is 5.10 Å². The molecule has 6 heteroatoms. The van der Waals surface area contributed by atoms with Crippen LogP contribution in [0.15, 0.2) is 60.7 Å². The molecule has 5 nitrogen and oxygen atoms in total. The topological polar surface area (TPSA) is 59.8 Å². The number of halogens is 1. The summed E-state index contributed by atoms with van der Waals surface area (Å²) in [7, 11) is 0. The van der Waals surface area contributed by atoms with E-state index in [0.29, 0.717) is 16.2 Å². The van der Waals surface area contributed by atoms with Crippen molar-refractivity contribution < 1.29 is 4.79 Å². The van der Waals surface area contributed by atoms with Crippen molar-refractivity contribution in [2.24, 2.45) is 0 Å². The first-order valence-electron chi connectivity index (χ1n) is 10.4. The maximum Gasteiger partial charge on any atom is 0.252 e. The van der Waals surface area contributed by atoms with Crippen molar-refractivity contribution in [1.29, 1.82) is 0 Å². The SMILES string of the molecule is Cc1cc(C(=O)N[C@H](C)CCc2ccccc2)c2c(C)nn(-c3ccccc3Cl)c2n1. The number of hydrogen-bond donors (Lipinski definition) is 1. The summed E-state index contributed by atoms with van der Waals surface area (Å²) in [5.74, 6) is -0.113. The van der Waals surface area contributed by atoms with Crippen LogP contribution in [-0.2, 0) is 6.42 Å². The number of fused-ring (bicyclic) bond motifs is 1. The predicted molar refractivity (Wildman–Crippen MR) is 125 cm³/mol. The van der Waals surface area contributed by atoms with Crippen LogP contribution >= 0.6 is 11.6 Å². The van der Waals surface area contributed by atoms with E-state index in [2.05, 4.69) is 27.5 Å². The highest BCUT2D eigenvalue weighted by atomic mass is 35.5. The van der Waals surface area contributed by atoms with E-state index in [0.717, 1.165) is 35.3 Å². The van der Waals surface area contributed by atoms with Crippen LogP contribution in [0, 0.1) is 13.8 Å². The molecular formula is C25H25ClN4O. The Bertz CT molecular complexity index is 1230. The van der Waals surface area contributed by atoms with Gasteiger partial charge in [-0.15, -0.1) is 0 Å². The second-order valence-electron chi connectivity index (χ2n) is 7.86. The van der Waals surface area contributed by atoms with Gasteiger partial charge in [0.1, 0.15) is 0 Å². The van der Waals surface area contributed by atoms with Gasteiger partial charge in [-0.3, -0.25) is 4.79 Å². The Morgan fingerprint density at radius 3 is 2.55 bits per heavy atom. The smallest absolute Gasteiger partial charge is 0.252 e. The molecule has 0 radical (unpaired) electrons. The van der Waals surface area contributed by atoms with Crippen LogP contribution in [0.2, 0.25) is 5.02 Å². The van der Waals surface area contributed by atoms with Gasteiger partial charge < -0.3 is 5.32 Å². The largest absolute Gasteiger partial charge is 0.350 e. The second-order valence-corrected chi connectivity index (χ2v) is 8.26. The van der Waals surface area contributed by atoms with Crippen LogP contribution in [0.3, 0.4) is 0 Å². The third-order valence-electron chi connectivity index (χ3n) is 5.35. The third-order valence-corrected chi connectivity index (χ3v) is 5.67. The Balaban J connectivity index is 1.63. The molecule has 0 saturated heterocycles. The molecule has 0 saturated carbocycles. The van der Waals surface area contributed by atoms with Gasteiger partial charge in [0.05, 0.1) is 27.4 Å². The normalized spacial score (nSPS) is 12.1. The van der Waals surface area contributed by atoms with Crippen molar-refractivity contribution in [2.45, 2.75) is 39.7 Å². The summed E-state index contributed by atoms with van der Waals surface area (Å²) in [6.45, 7) is 5.81. The molecule has 4 aromatic rings. The second kappa shape index (κ2) is 8.90. The zero-order valence-corrected chi connectivity index (χ0v) is 18.6. The standard InChI is InChI=1S/C25H25ClN4O/c1-16(13-14-19-9-5-4-6-10-19)28-25(31)20-15-17(2)27-24-23(20)18(3)29-30(24)22-12-8-7-11-21(22)26/h4-12,15-16H,13-14H2,1-3H3,(H,28,31)/t16-/m1/s1. The van der Waals surface area contributed by atoms with E-state index >= 15 is 0 Å². The molecular weight excluding hydrogens is 408 g/mol. The fourth-order valence-electron chi connectivity index (χ4n) is 3.79. The van der Waals surface area contributed by atoms with Gasteiger partial charge in [-0.1, -0.05) is 54.1 Å².